The zero-order valence-electron chi connectivity index (χ0n) is 14.7. The van der Waals surface area contributed by atoms with E-state index < -0.39 is 0 Å². The molecule has 1 aliphatic carbocycles. The number of benzene rings is 1. The Bertz CT molecular complexity index is 731. The fraction of sp³-hybridized carbons (Fsp3) is 0.444. The summed E-state index contributed by atoms with van der Waals surface area (Å²) >= 11 is 10.9. The van der Waals surface area contributed by atoms with Gasteiger partial charge in [-0.1, -0.05) is 24.4 Å². The molecule has 1 heterocycles. The SMILES string of the molecule is O=C(CCN1C(=O)[C@@H]2CCCC[C@H]2C1=O)NNC(=S)Nc1ccc(Cl)cc1. The number of amides is 3. The molecular weight excluding hydrogens is 388 g/mol. The zero-order valence-corrected chi connectivity index (χ0v) is 16.2. The lowest BCUT2D eigenvalue weighted by Crippen LogP contribution is -2.45. The van der Waals surface area contributed by atoms with Crippen molar-refractivity contribution in [1.82, 2.24) is 15.8 Å². The molecule has 144 valence electrons. The van der Waals surface area contributed by atoms with Gasteiger partial charge in [-0.2, -0.15) is 0 Å². The van der Waals surface area contributed by atoms with Crippen LogP contribution in [0.2, 0.25) is 5.02 Å². The van der Waals surface area contributed by atoms with Crippen molar-refractivity contribution in [3.63, 3.8) is 0 Å². The van der Waals surface area contributed by atoms with Crippen LogP contribution >= 0.6 is 23.8 Å². The highest BCUT2D eigenvalue weighted by molar-refractivity contribution is 7.80. The van der Waals surface area contributed by atoms with Crippen LogP contribution in [0.5, 0.6) is 0 Å². The van der Waals surface area contributed by atoms with E-state index in [9.17, 15) is 14.4 Å². The molecule has 2 aliphatic rings. The van der Waals surface area contributed by atoms with Crippen LogP contribution < -0.4 is 16.2 Å². The van der Waals surface area contributed by atoms with Gasteiger partial charge in [-0.3, -0.25) is 30.1 Å². The van der Waals surface area contributed by atoms with Crippen molar-refractivity contribution < 1.29 is 14.4 Å². The Kier molecular flexibility index (Phi) is 6.28. The van der Waals surface area contributed by atoms with Crippen LogP contribution in [-0.2, 0) is 14.4 Å². The predicted molar refractivity (Wildman–Crippen MR) is 106 cm³/mol. The number of likely N-dealkylation sites (tertiary alicyclic amines) is 1. The fourth-order valence-electron chi connectivity index (χ4n) is 3.55. The molecule has 1 aliphatic heterocycles. The molecule has 27 heavy (non-hydrogen) atoms. The second-order valence-corrected chi connectivity index (χ2v) is 7.55. The minimum Gasteiger partial charge on any atom is -0.331 e. The summed E-state index contributed by atoms with van der Waals surface area (Å²) in [6, 6.07) is 6.93. The Morgan fingerprint density at radius 2 is 1.67 bits per heavy atom. The molecule has 0 bridgehead atoms. The van der Waals surface area contributed by atoms with E-state index in [4.69, 9.17) is 23.8 Å². The van der Waals surface area contributed by atoms with E-state index in [0.29, 0.717) is 5.02 Å². The number of thiocarbonyl (C=S) groups is 1. The Balaban J connectivity index is 1.42. The van der Waals surface area contributed by atoms with Gasteiger partial charge in [0.2, 0.25) is 17.7 Å². The standard InChI is InChI=1S/C18H21ClN4O3S/c19-11-5-7-12(8-6-11)20-18(27)22-21-15(24)9-10-23-16(25)13-3-1-2-4-14(13)17(23)26/h5-8,13-14H,1-4,9-10H2,(H,21,24)(H2,20,22,27)/t13-,14-/m1/s1. The van der Waals surface area contributed by atoms with E-state index in [2.05, 4.69) is 16.2 Å². The van der Waals surface area contributed by atoms with Crippen molar-refractivity contribution in [2.24, 2.45) is 11.8 Å². The first-order chi connectivity index (χ1) is 13.0. The summed E-state index contributed by atoms with van der Waals surface area (Å²) in [5.74, 6) is -1.01. The molecule has 1 aromatic carbocycles. The van der Waals surface area contributed by atoms with Crippen LogP contribution in [0, 0.1) is 11.8 Å². The molecule has 0 unspecified atom stereocenters. The number of anilines is 1. The summed E-state index contributed by atoms with van der Waals surface area (Å²) in [5, 5.41) is 3.72. The number of nitrogens with one attached hydrogen (secondary N) is 3. The second kappa shape index (κ2) is 8.67. The maximum absolute atomic E-state index is 12.4. The quantitative estimate of drug-likeness (QED) is 0.402. The van der Waals surface area contributed by atoms with Gasteiger partial charge in [0.05, 0.1) is 11.8 Å². The lowest BCUT2D eigenvalue weighted by molar-refractivity contribution is -0.140. The van der Waals surface area contributed by atoms with Crippen LogP contribution in [0.25, 0.3) is 0 Å². The first-order valence-corrected chi connectivity index (χ1v) is 9.71. The van der Waals surface area contributed by atoms with Crippen LogP contribution in [0.1, 0.15) is 32.1 Å². The highest BCUT2D eigenvalue weighted by Gasteiger charge is 2.47. The number of carbonyl (C=O) groups excluding carboxylic acids is 3. The number of rotatable bonds is 4. The Morgan fingerprint density at radius 1 is 1.07 bits per heavy atom. The molecule has 9 heteroatoms. The smallest absolute Gasteiger partial charge is 0.240 e. The summed E-state index contributed by atoms with van der Waals surface area (Å²) in [4.78, 5) is 38.0. The molecule has 3 rings (SSSR count). The van der Waals surface area contributed by atoms with Gasteiger partial charge in [-0.15, -0.1) is 0 Å². The third kappa shape index (κ3) is 4.75. The molecule has 1 saturated carbocycles. The molecule has 7 nitrogen and oxygen atoms in total. The summed E-state index contributed by atoms with van der Waals surface area (Å²) in [7, 11) is 0. The Morgan fingerprint density at radius 3 is 2.26 bits per heavy atom. The van der Waals surface area contributed by atoms with Gasteiger partial charge in [0.15, 0.2) is 5.11 Å². The molecule has 1 aromatic rings. The highest BCUT2D eigenvalue weighted by Crippen LogP contribution is 2.37. The number of imide groups is 1. The maximum Gasteiger partial charge on any atom is 0.240 e. The highest BCUT2D eigenvalue weighted by atomic mass is 35.5. The van der Waals surface area contributed by atoms with E-state index in [-0.39, 0.29) is 47.6 Å². The molecule has 0 spiro atoms. The van der Waals surface area contributed by atoms with Crippen molar-refractivity contribution in [2.45, 2.75) is 32.1 Å². The molecule has 0 aromatic heterocycles. The van der Waals surface area contributed by atoms with Gasteiger partial charge >= 0.3 is 0 Å². The van der Waals surface area contributed by atoms with Crippen molar-refractivity contribution in [2.75, 3.05) is 11.9 Å². The average Bonchev–Trinajstić information content (AvgIpc) is 2.91. The van der Waals surface area contributed by atoms with Crippen molar-refractivity contribution in [3.8, 4) is 0 Å². The maximum atomic E-state index is 12.4. The van der Waals surface area contributed by atoms with Gasteiger partial charge in [-0.05, 0) is 49.3 Å². The zero-order chi connectivity index (χ0) is 19.4. The lowest BCUT2D eigenvalue weighted by Gasteiger charge is -2.19. The van der Waals surface area contributed by atoms with Crippen molar-refractivity contribution in [3.05, 3.63) is 29.3 Å². The number of carbonyl (C=O) groups is 3. The number of hydrogen-bond donors (Lipinski definition) is 3. The van der Waals surface area contributed by atoms with Crippen LogP contribution in [0.15, 0.2) is 24.3 Å². The second-order valence-electron chi connectivity index (χ2n) is 6.71. The van der Waals surface area contributed by atoms with Crippen molar-refractivity contribution in [1.29, 1.82) is 0 Å². The van der Waals surface area contributed by atoms with Crippen LogP contribution in [0.3, 0.4) is 0 Å². The molecule has 2 atom stereocenters. The normalized spacial score (nSPS) is 21.6. The number of hydrazine groups is 1. The molecule has 3 amide bonds. The minimum absolute atomic E-state index is 0.0213. The fourth-order valence-corrected chi connectivity index (χ4v) is 3.84. The van der Waals surface area contributed by atoms with Crippen molar-refractivity contribution >= 4 is 52.3 Å². The number of hydrogen-bond acceptors (Lipinski definition) is 4. The van der Waals surface area contributed by atoms with E-state index in [1.165, 1.54) is 4.90 Å². The average molecular weight is 409 g/mol. The third-order valence-corrected chi connectivity index (χ3v) is 5.37. The monoisotopic (exact) mass is 408 g/mol. The number of nitrogens with zero attached hydrogens (tertiary/aromatic N) is 1. The summed E-state index contributed by atoms with van der Waals surface area (Å²) in [6.45, 7) is 0.0928. The summed E-state index contributed by atoms with van der Waals surface area (Å²) < 4.78 is 0. The van der Waals surface area contributed by atoms with E-state index in [1.807, 2.05) is 0 Å². The first kappa shape index (κ1) is 19.6. The molecule has 1 saturated heterocycles. The van der Waals surface area contributed by atoms with E-state index in [1.54, 1.807) is 24.3 Å². The number of halogens is 1. The van der Waals surface area contributed by atoms with Crippen LogP contribution in [-0.4, -0.2) is 34.3 Å². The van der Waals surface area contributed by atoms with E-state index in [0.717, 1.165) is 31.4 Å². The minimum atomic E-state index is -0.356. The molecular formula is C18H21ClN4O3S. The molecule has 0 radical (unpaired) electrons. The third-order valence-electron chi connectivity index (χ3n) is 4.91. The lowest BCUT2D eigenvalue weighted by atomic mass is 9.81. The summed E-state index contributed by atoms with van der Waals surface area (Å²) in [6.07, 6.45) is 3.52. The Labute approximate surface area is 167 Å². The van der Waals surface area contributed by atoms with E-state index >= 15 is 0 Å². The first-order valence-electron chi connectivity index (χ1n) is 8.92. The Hall–Kier alpha value is -2.19. The van der Waals surface area contributed by atoms with Gasteiger partial charge < -0.3 is 5.32 Å². The largest absolute Gasteiger partial charge is 0.331 e. The van der Waals surface area contributed by atoms with Gasteiger partial charge in [0.25, 0.3) is 0 Å². The van der Waals surface area contributed by atoms with Gasteiger partial charge in [-0.25, -0.2) is 0 Å². The van der Waals surface area contributed by atoms with Gasteiger partial charge in [0.1, 0.15) is 0 Å². The topological polar surface area (TPSA) is 90.5 Å². The molecule has 2 fully saturated rings. The predicted octanol–water partition coefficient (Wildman–Crippen LogP) is 2.22. The number of fused-ring (bicyclic) bond motifs is 1. The van der Waals surface area contributed by atoms with Gasteiger partial charge in [0, 0.05) is 23.7 Å². The summed E-state index contributed by atoms with van der Waals surface area (Å²) in [5.41, 5.74) is 5.78. The van der Waals surface area contributed by atoms with Crippen LogP contribution in [0.4, 0.5) is 5.69 Å². The molecule has 3 N–H and O–H groups in total.